The number of nitrogen functional groups attached to an aromatic ring is 1. The number of benzene rings is 2. The van der Waals surface area contributed by atoms with E-state index >= 15 is 4.39 Å². The van der Waals surface area contributed by atoms with Crippen molar-refractivity contribution in [1.29, 1.82) is 0 Å². The van der Waals surface area contributed by atoms with Crippen molar-refractivity contribution in [3.8, 4) is 44.6 Å². The summed E-state index contributed by atoms with van der Waals surface area (Å²) in [5.41, 5.74) is 13.3. The zero-order valence-electron chi connectivity index (χ0n) is 26.2. The number of nitrogens with one attached hydrogen (secondary N) is 1. The van der Waals surface area contributed by atoms with Crippen LogP contribution in [0.2, 0.25) is 0 Å². The molecule has 0 unspecified atom stereocenters. The maximum absolute atomic E-state index is 15.8. The number of ether oxygens (including phenoxy) is 1. The third-order valence-electron chi connectivity index (χ3n) is 8.24. The van der Waals surface area contributed by atoms with Crippen LogP contribution in [0.1, 0.15) is 36.8 Å². The minimum atomic E-state index is -0.572. The molecule has 9 nitrogen and oxygen atoms in total. The largest absolute Gasteiger partial charge is 0.421 e. The number of halogens is 1. The van der Waals surface area contributed by atoms with Crippen LogP contribution in [0.3, 0.4) is 0 Å². The molecule has 0 saturated heterocycles. The molecule has 11 heteroatoms. The molecular weight excluding hydrogens is 614 g/mol. The molecule has 0 saturated carbocycles. The highest BCUT2D eigenvalue weighted by Gasteiger charge is 2.25. The number of hydrogen-bond donors (Lipinski definition) is 2. The summed E-state index contributed by atoms with van der Waals surface area (Å²) in [6.45, 7) is 10.1. The zero-order chi connectivity index (χ0) is 32.8. The predicted octanol–water partition coefficient (Wildman–Crippen LogP) is 8.27. The second-order valence-electron chi connectivity index (χ2n) is 11.8. The molecule has 7 rings (SSSR count). The van der Waals surface area contributed by atoms with Crippen LogP contribution in [0.4, 0.5) is 15.9 Å². The highest BCUT2D eigenvalue weighted by atomic mass is 32.1. The lowest BCUT2D eigenvalue weighted by molar-refractivity contribution is -0.112. The average Bonchev–Trinajstić information content (AvgIpc) is 3.65. The normalized spacial score (nSPS) is 12.6. The molecule has 0 spiro atoms. The summed E-state index contributed by atoms with van der Waals surface area (Å²) in [6.07, 6.45) is 8.59. The summed E-state index contributed by atoms with van der Waals surface area (Å²) >= 11 is 1.56. The third kappa shape index (κ3) is 5.74. The SMILES string of the molecule is C=C(C)C(=O)Nc1ccc(-c2sc3c(-c4cn5c(n4)CCCC5)cnc(N)c3c2-c2ccc(Oc3nccc(C)n3)c(F)c2)c(C)c1. The maximum Gasteiger partial charge on any atom is 0.322 e. The molecular formula is C36H32FN7O2S. The Balaban J connectivity index is 1.40. The van der Waals surface area contributed by atoms with Crippen LogP contribution in [0.15, 0.2) is 73.2 Å². The number of amides is 1. The first-order chi connectivity index (χ1) is 22.7. The van der Waals surface area contributed by atoms with Gasteiger partial charge in [-0.25, -0.2) is 24.3 Å². The van der Waals surface area contributed by atoms with Gasteiger partial charge in [0.15, 0.2) is 11.6 Å². The van der Waals surface area contributed by atoms with Gasteiger partial charge in [-0.05, 0) is 80.6 Å². The number of nitrogens with two attached hydrogens (primary N) is 1. The molecule has 47 heavy (non-hydrogen) atoms. The summed E-state index contributed by atoms with van der Waals surface area (Å²) < 4.78 is 24.6. The van der Waals surface area contributed by atoms with Gasteiger partial charge in [-0.15, -0.1) is 11.3 Å². The van der Waals surface area contributed by atoms with Gasteiger partial charge in [-0.2, -0.15) is 0 Å². The van der Waals surface area contributed by atoms with Crippen molar-refractivity contribution < 1.29 is 13.9 Å². The van der Waals surface area contributed by atoms with Crippen LogP contribution in [-0.4, -0.2) is 30.4 Å². The van der Waals surface area contributed by atoms with Crippen molar-refractivity contribution in [2.24, 2.45) is 0 Å². The highest BCUT2D eigenvalue weighted by Crippen LogP contribution is 2.50. The average molecular weight is 646 g/mol. The topological polar surface area (TPSA) is 121 Å². The quantitative estimate of drug-likeness (QED) is 0.168. The third-order valence-corrected chi connectivity index (χ3v) is 9.49. The Kier molecular flexibility index (Phi) is 7.77. The molecule has 1 aliphatic heterocycles. The number of carbonyl (C=O) groups is 1. The van der Waals surface area contributed by atoms with Gasteiger partial charge in [-0.1, -0.05) is 18.7 Å². The lowest BCUT2D eigenvalue weighted by Gasteiger charge is -2.12. The van der Waals surface area contributed by atoms with Crippen molar-refractivity contribution in [2.75, 3.05) is 11.1 Å². The van der Waals surface area contributed by atoms with E-state index in [0.29, 0.717) is 28.3 Å². The summed E-state index contributed by atoms with van der Waals surface area (Å²) in [7, 11) is 0. The van der Waals surface area contributed by atoms with Crippen LogP contribution in [0, 0.1) is 19.7 Å². The zero-order valence-corrected chi connectivity index (χ0v) is 27.0. The maximum atomic E-state index is 15.8. The van der Waals surface area contributed by atoms with Crippen LogP contribution in [0.5, 0.6) is 11.8 Å². The van der Waals surface area contributed by atoms with Gasteiger partial charge in [-0.3, -0.25) is 4.79 Å². The van der Waals surface area contributed by atoms with E-state index in [-0.39, 0.29) is 17.7 Å². The van der Waals surface area contributed by atoms with Gasteiger partial charge < -0.3 is 20.4 Å². The van der Waals surface area contributed by atoms with Crippen molar-refractivity contribution >= 4 is 38.8 Å². The lowest BCUT2D eigenvalue weighted by Crippen LogP contribution is -2.11. The molecule has 0 radical (unpaired) electrons. The number of aryl methyl sites for hydroxylation is 4. The Bertz CT molecular complexity index is 2200. The van der Waals surface area contributed by atoms with Crippen LogP contribution < -0.4 is 15.8 Å². The van der Waals surface area contributed by atoms with Crippen LogP contribution in [0.25, 0.3) is 42.9 Å². The fraction of sp³-hybridized carbons (Fsp3) is 0.194. The number of pyridine rings is 1. The highest BCUT2D eigenvalue weighted by molar-refractivity contribution is 7.23. The number of anilines is 2. The first-order valence-electron chi connectivity index (χ1n) is 15.3. The fourth-order valence-corrected chi connectivity index (χ4v) is 7.30. The van der Waals surface area contributed by atoms with Gasteiger partial charge in [0.1, 0.15) is 11.6 Å². The molecule has 6 aromatic rings. The number of rotatable bonds is 7. The van der Waals surface area contributed by atoms with E-state index in [4.69, 9.17) is 15.5 Å². The number of hydrogen-bond acceptors (Lipinski definition) is 8. The van der Waals surface area contributed by atoms with Crippen molar-refractivity contribution in [3.05, 3.63) is 96.1 Å². The monoisotopic (exact) mass is 645 g/mol. The van der Waals surface area contributed by atoms with Crippen molar-refractivity contribution in [3.63, 3.8) is 0 Å². The Morgan fingerprint density at radius 3 is 2.68 bits per heavy atom. The smallest absolute Gasteiger partial charge is 0.322 e. The molecule has 1 amide bonds. The predicted molar refractivity (Wildman–Crippen MR) is 184 cm³/mol. The molecule has 2 aromatic carbocycles. The van der Waals surface area contributed by atoms with Crippen LogP contribution >= 0.6 is 11.3 Å². The molecule has 236 valence electrons. The van der Waals surface area contributed by atoms with E-state index < -0.39 is 5.82 Å². The molecule has 1 aliphatic rings. The van der Waals surface area contributed by atoms with E-state index in [9.17, 15) is 4.79 Å². The minimum Gasteiger partial charge on any atom is -0.421 e. The Morgan fingerprint density at radius 1 is 1.09 bits per heavy atom. The van der Waals surface area contributed by atoms with Gasteiger partial charge in [0, 0.05) is 69.9 Å². The van der Waals surface area contributed by atoms with Gasteiger partial charge in [0.2, 0.25) is 0 Å². The van der Waals surface area contributed by atoms with Gasteiger partial charge in [0.25, 0.3) is 5.91 Å². The summed E-state index contributed by atoms with van der Waals surface area (Å²) in [4.78, 5) is 31.1. The lowest BCUT2D eigenvalue weighted by atomic mass is 9.96. The fourth-order valence-electron chi connectivity index (χ4n) is 5.86. The van der Waals surface area contributed by atoms with Gasteiger partial charge >= 0.3 is 6.01 Å². The van der Waals surface area contributed by atoms with E-state index in [2.05, 4.69) is 37.6 Å². The van der Waals surface area contributed by atoms with E-state index in [1.165, 1.54) is 6.07 Å². The minimum absolute atomic E-state index is 0.00426. The molecule has 0 atom stereocenters. The Hall–Kier alpha value is -5.42. The Morgan fingerprint density at radius 2 is 1.94 bits per heavy atom. The van der Waals surface area contributed by atoms with Crippen molar-refractivity contribution in [1.82, 2.24) is 24.5 Å². The Labute approximate surface area is 275 Å². The number of nitrogens with zero attached hydrogens (tertiary/aromatic N) is 5. The number of aromatic nitrogens is 5. The molecule has 3 N–H and O–H groups in total. The molecule has 0 fully saturated rings. The second-order valence-corrected chi connectivity index (χ2v) is 12.8. The first-order valence-corrected chi connectivity index (χ1v) is 16.1. The molecule has 5 heterocycles. The second kappa shape index (κ2) is 12.1. The molecule has 0 aliphatic carbocycles. The van der Waals surface area contributed by atoms with E-state index in [0.717, 1.165) is 74.5 Å². The van der Waals surface area contributed by atoms with Crippen molar-refractivity contribution in [2.45, 2.75) is 46.6 Å². The van der Waals surface area contributed by atoms with Gasteiger partial charge in [0.05, 0.1) is 10.4 Å². The number of imidazole rings is 1. The molecule has 4 aromatic heterocycles. The summed E-state index contributed by atoms with van der Waals surface area (Å²) in [6, 6.07) is 12.3. The van der Waals surface area contributed by atoms with E-state index in [1.54, 1.807) is 48.9 Å². The summed E-state index contributed by atoms with van der Waals surface area (Å²) in [5, 5.41) is 3.61. The van der Waals surface area contributed by atoms with E-state index in [1.807, 2.05) is 32.0 Å². The molecule has 0 bridgehead atoms. The summed E-state index contributed by atoms with van der Waals surface area (Å²) in [5.74, 6) is 0.579. The standard InChI is InChI=1S/C36H32FN7O2S/c1-19(2)35(45)42-23-9-10-24(20(3)15-23)32-30(22-8-11-28(26(37)16-22)46-36-39-13-12-21(4)41-36)31-33(47-32)25(17-40-34(31)38)27-18-44-14-6-5-7-29(44)43-27/h8-13,15-18H,1,5-7,14H2,2-4H3,(H2,38,40)(H,42,45). The number of thiophene rings is 1. The first kappa shape index (κ1) is 30.2. The van der Waals surface area contributed by atoms with Crippen LogP contribution in [-0.2, 0) is 17.8 Å². The number of fused-ring (bicyclic) bond motifs is 2. The number of carbonyl (C=O) groups excluding carboxylic acids is 1.